The van der Waals surface area contributed by atoms with Gasteiger partial charge in [0.2, 0.25) is 5.91 Å². The molecule has 1 N–H and O–H groups in total. The van der Waals surface area contributed by atoms with Crippen molar-refractivity contribution in [2.75, 3.05) is 5.32 Å². The second kappa shape index (κ2) is 6.68. The van der Waals surface area contributed by atoms with Crippen LogP contribution in [0.3, 0.4) is 0 Å². The van der Waals surface area contributed by atoms with Crippen molar-refractivity contribution in [3.05, 3.63) is 65.2 Å². The molecule has 110 valence electrons. The third kappa shape index (κ3) is 3.39. The van der Waals surface area contributed by atoms with Gasteiger partial charge in [-0.3, -0.25) is 9.59 Å². The number of carbonyl (C=O) groups excluding carboxylic acids is 2. The summed E-state index contributed by atoms with van der Waals surface area (Å²) in [6, 6.07) is 15.7. The predicted octanol–water partition coefficient (Wildman–Crippen LogP) is 3.26. The molecule has 4 nitrogen and oxygen atoms in total. The number of amides is 1. The molecular weight excluding hydrogens is 276 g/mol. The zero-order valence-electron chi connectivity index (χ0n) is 12.5. The summed E-state index contributed by atoms with van der Waals surface area (Å²) in [6.45, 7) is 3.82. The Morgan fingerprint density at radius 1 is 1.05 bits per heavy atom. The molecule has 2 aromatic carbocycles. The van der Waals surface area contributed by atoms with Crippen LogP contribution in [-0.4, -0.2) is 11.7 Å². The van der Waals surface area contributed by atoms with E-state index in [1.165, 1.54) is 0 Å². The minimum atomic E-state index is -1.36. The lowest BCUT2D eigenvalue weighted by atomic mass is 9.95. The lowest BCUT2D eigenvalue weighted by Crippen LogP contribution is -2.28. The number of carbonyl (C=O) groups is 2. The molecule has 0 aliphatic rings. The number of anilines is 1. The molecule has 0 aliphatic carbocycles. The van der Waals surface area contributed by atoms with Gasteiger partial charge in [0.15, 0.2) is 11.7 Å². The number of Topliss-reactive ketones (excluding diaryl/α,β-unsaturated/α-hetero) is 1. The summed E-state index contributed by atoms with van der Waals surface area (Å²) in [4.78, 5) is 24.5. The van der Waals surface area contributed by atoms with Gasteiger partial charge in [-0.15, -0.1) is 0 Å². The Kier molecular flexibility index (Phi) is 4.70. The van der Waals surface area contributed by atoms with Crippen molar-refractivity contribution in [2.24, 2.45) is 5.92 Å². The smallest absolute Gasteiger partial charge is 0.249 e. The molecule has 0 aromatic heterocycles. The van der Waals surface area contributed by atoms with Gasteiger partial charge in [-0.25, -0.2) is 0 Å². The average Bonchev–Trinajstić information content (AvgIpc) is 2.51. The Morgan fingerprint density at radius 2 is 1.73 bits per heavy atom. The van der Waals surface area contributed by atoms with Gasteiger partial charge in [0, 0.05) is 11.3 Å². The number of aryl methyl sites for hydroxylation is 2. The topological polar surface area (TPSA) is 70.0 Å². The van der Waals surface area contributed by atoms with Gasteiger partial charge in [0.05, 0.1) is 6.07 Å². The predicted molar refractivity (Wildman–Crippen MR) is 84.4 cm³/mol. The van der Waals surface area contributed by atoms with E-state index in [1.54, 1.807) is 42.5 Å². The van der Waals surface area contributed by atoms with Crippen molar-refractivity contribution in [3.8, 4) is 6.07 Å². The lowest BCUT2D eigenvalue weighted by molar-refractivity contribution is -0.117. The minimum absolute atomic E-state index is 0.373. The molecule has 0 heterocycles. The highest BCUT2D eigenvalue weighted by molar-refractivity contribution is 6.15. The Bertz CT molecular complexity index is 745. The third-order valence-electron chi connectivity index (χ3n) is 3.49. The van der Waals surface area contributed by atoms with Crippen LogP contribution in [0, 0.1) is 31.1 Å². The van der Waals surface area contributed by atoms with Gasteiger partial charge in [0.1, 0.15) is 0 Å². The average molecular weight is 292 g/mol. The Morgan fingerprint density at radius 3 is 2.32 bits per heavy atom. The first kappa shape index (κ1) is 15.5. The summed E-state index contributed by atoms with van der Waals surface area (Å²) in [5, 5.41) is 11.8. The minimum Gasteiger partial charge on any atom is -0.325 e. The number of nitrogens with zero attached hydrogens (tertiary/aromatic N) is 1. The third-order valence-corrected chi connectivity index (χ3v) is 3.49. The fourth-order valence-corrected chi connectivity index (χ4v) is 2.03. The molecule has 0 radical (unpaired) electrons. The SMILES string of the molecule is Cc1ccc(C(=O)[C@H](C#N)C(=O)Nc2ccccc2)cc1C. The van der Waals surface area contributed by atoms with Crippen LogP contribution in [0.5, 0.6) is 0 Å². The van der Waals surface area contributed by atoms with Crippen LogP contribution in [0.1, 0.15) is 21.5 Å². The van der Waals surface area contributed by atoms with E-state index in [-0.39, 0.29) is 0 Å². The fraction of sp³-hybridized carbons (Fsp3) is 0.167. The molecule has 0 aliphatic heterocycles. The first-order valence-corrected chi connectivity index (χ1v) is 6.90. The summed E-state index contributed by atoms with van der Waals surface area (Å²) in [6.07, 6.45) is 0. The lowest BCUT2D eigenvalue weighted by Gasteiger charge is -2.10. The molecule has 0 unspecified atom stereocenters. The Hall–Kier alpha value is -2.93. The number of hydrogen-bond acceptors (Lipinski definition) is 3. The number of hydrogen-bond donors (Lipinski definition) is 1. The molecule has 0 saturated heterocycles. The van der Waals surface area contributed by atoms with Crippen LogP contribution in [-0.2, 0) is 4.79 Å². The second-order valence-electron chi connectivity index (χ2n) is 5.08. The summed E-state index contributed by atoms with van der Waals surface area (Å²) in [7, 11) is 0. The van der Waals surface area contributed by atoms with Crippen molar-refractivity contribution >= 4 is 17.4 Å². The standard InChI is InChI=1S/C18H16N2O2/c1-12-8-9-14(10-13(12)2)17(21)16(11-19)18(22)20-15-6-4-3-5-7-15/h3-10,16H,1-2H3,(H,20,22)/t16-/m0/s1. The van der Waals surface area contributed by atoms with Crippen LogP contribution in [0.2, 0.25) is 0 Å². The molecule has 4 heteroatoms. The molecule has 0 saturated carbocycles. The van der Waals surface area contributed by atoms with E-state index in [1.807, 2.05) is 26.0 Å². The van der Waals surface area contributed by atoms with E-state index in [9.17, 15) is 14.9 Å². The first-order valence-electron chi connectivity index (χ1n) is 6.90. The monoisotopic (exact) mass is 292 g/mol. The van der Waals surface area contributed by atoms with E-state index < -0.39 is 17.6 Å². The summed E-state index contributed by atoms with van der Waals surface area (Å²) < 4.78 is 0. The highest BCUT2D eigenvalue weighted by atomic mass is 16.2. The van der Waals surface area contributed by atoms with Crippen LogP contribution >= 0.6 is 0 Å². The fourth-order valence-electron chi connectivity index (χ4n) is 2.03. The molecule has 2 rings (SSSR count). The molecule has 2 aromatic rings. The molecular formula is C18H16N2O2. The van der Waals surface area contributed by atoms with Crippen LogP contribution in [0.25, 0.3) is 0 Å². The van der Waals surface area contributed by atoms with Gasteiger partial charge < -0.3 is 5.32 Å². The first-order chi connectivity index (χ1) is 10.5. The van der Waals surface area contributed by atoms with Crippen LogP contribution < -0.4 is 5.32 Å². The quantitative estimate of drug-likeness (QED) is 0.694. The summed E-state index contributed by atoms with van der Waals surface area (Å²) in [5.74, 6) is -2.46. The van der Waals surface area contributed by atoms with Gasteiger partial charge >= 0.3 is 0 Å². The normalized spacial score (nSPS) is 11.3. The van der Waals surface area contributed by atoms with Gasteiger partial charge in [-0.05, 0) is 43.2 Å². The highest BCUT2D eigenvalue weighted by Crippen LogP contribution is 2.16. The number of nitrogens with one attached hydrogen (secondary N) is 1. The van der Waals surface area contributed by atoms with Crippen molar-refractivity contribution in [2.45, 2.75) is 13.8 Å². The van der Waals surface area contributed by atoms with Crippen molar-refractivity contribution < 1.29 is 9.59 Å². The summed E-state index contributed by atoms with van der Waals surface area (Å²) in [5.41, 5.74) is 2.93. The van der Waals surface area contributed by atoms with E-state index in [0.717, 1.165) is 11.1 Å². The zero-order valence-corrected chi connectivity index (χ0v) is 12.5. The van der Waals surface area contributed by atoms with Crippen molar-refractivity contribution in [3.63, 3.8) is 0 Å². The number of nitriles is 1. The highest BCUT2D eigenvalue weighted by Gasteiger charge is 2.27. The van der Waals surface area contributed by atoms with E-state index in [2.05, 4.69) is 5.32 Å². The summed E-state index contributed by atoms with van der Waals surface area (Å²) >= 11 is 0. The molecule has 1 atom stereocenters. The van der Waals surface area contributed by atoms with Crippen LogP contribution in [0.4, 0.5) is 5.69 Å². The molecule has 0 fully saturated rings. The van der Waals surface area contributed by atoms with Gasteiger partial charge in [0.25, 0.3) is 0 Å². The van der Waals surface area contributed by atoms with E-state index in [4.69, 9.17) is 0 Å². The van der Waals surface area contributed by atoms with Gasteiger partial charge in [-0.1, -0.05) is 30.3 Å². The maximum atomic E-state index is 12.4. The maximum absolute atomic E-state index is 12.4. The van der Waals surface area contributed by atoms with E-state index >= 15 is 0 Å². The number of ketones is 1. The van der Waals surface area contributed by atoms with Crippen LogP contribution in [0.15, 0.2) is 48.5 Å². The zero-order chi connectivity index (χ0) is 16.1. The Labute approximate surface area is 129 Å². The molecule has 0 spiro atoms. The molecule has 22 heavy (non-hydrogen) atoms. The molecule has 0 bridgehead atoms. The van der Waals surface area contributed by atoms with Gasteiger partial charge in [-0.2, -0.15) is 5.26 Å². The van der Waals surface area contributed by atoms with Crippen molar-refractivity contribution in [1.82, 2.24) is 0 Å². The molecule has 1 amide bonds. The largest absolute Gasteiger partial charge is 0.325 e. The maximum Gasteiger partial charge on any atom is 0.249 e. The number of para-hydroxylation sites is 1. The second-order valence-corrected chi connectivity index (χ2v) is 5.08. The number of rotatable bonds is 4. The van der Waals surface area contributed by atoms with E-state index in [0.29, 0.717) is 11.3 Å². The van der Waals surface area contributed by atoms with Crippen molar-refractivity contribution in [1.29, 1.82) is 5.26 Å². The Balaban J connectivity index is 2.20. The number of benzene rings is 2.